The van der Waals surface area contributed by atoms with E-state index in [4.69, 9.17) is 11.6 Å². The van der Waals surface area contributed by atoms with Gasteiger partial charge in [0.15, 0.2) is 0 Å². The number of nitrogens with zero attached hydrogens (tertiary/aromatic N) is 1. The molecule has 2 nitrogen and oxygen atoms in total. The number of alkyl halides is 1. The van der Waals surface area contributed by atoms with E-state index < -0.39 is 0 Å². The summed E-state index contributed by atoms with van der Waals surface area (Å²) in [5, 5.41) is 9.28. The topological polar surface area (TPSA) is 20.2 Å². The maximum Gasteiger partial charge on any atom is 0.104 e. The lowest BCUT2D eigenvalue weighted by Gasteiger charge is -2.26. The van der Waals surface area contributed by atoms with E-state index >= 15 is 0 Å². The predicted octanol–water partition coefficient (Wildman–Crippen LogP) is 0.682. The summed E-state index contributed by atoms with van der Waals surface area (Å²) in [5.74, 6) is 0.543. The van der Waals surface area contributed by atoms with E-state index in [2.05, 4.69) is 21.1 Å². The molecule has 0 aliphatic heterocycles. The summed E-state index contributed by atoms with van der Waals surface area (Å²) in [5.41, 5.74) is 0. The monoisotopic (exact) mass is 166 g/mol. The summed E-state index contributed by atoms with van der Waals surface area (Å²) in [4.78, 5) is 0. The van der Waals surface area contributed by atoms with Crippen molar-refractivity contribution in [2.75, 3.05) is 33.6 Å². The molecule has 0 spiro atoms. The van der Waals surface area contributed by atoms with Gasteiger partial charge in [-0.15, -0.1) is 11.6 Å². The van der Waals surface area contributed by atoms with Crippen molar-refractivity contribution < 1.29 is 9.59 Å². The molecule has 0 aromatic carbocycles. The molecule has 0 rings (SSSR count). The first kappa shape index (κ1) is 10.2. The van der Waals surface area contributed by atoms with Crippen LogP contribution in [-0.2, 0) is 0 Å². The molecule has 10 heavy (non-hydrogen) atoms. The van der Waals surface area contributed by atoms with Crippen LogP contribution in [0.4, 0.5) is 0 Å². The molecule has 1 atom stereocenters. The highest BCUT2D eigenvalue weighted by Gasteiger charge is 2.13. The lowest BCUT2D eigenvalue weighted by Crippen LogP contribution is -2.41. The number of halogens is 1. The molecule has 0 aliphatic carbocycles. The second-order valence-electron chi connectivity index (χ2n) is 3.60. The molecule has 0 radical (unpaired) electrons. The maximum atomic E-state index is 9.28. The molecule has 0 heterocycles. The van der Waals surface area contributed by atoms with Gasteiger partial charge in [0.05, 0.1) is 21.1 Å². The Hall–Kier alpha value is 0.210. The molecule has 0 bridgehead atoms. The summed E-state index contributed by atoms with van der Waals surface area (Å²) in [7, 11) is 6.16. The number of aliphatic hydroxyl groups is 1. The molecular weight excluding hydrogens is 150 g/mol. The summed E-state index contributed by atoms with van der Waals surface area (Å²) in [6.45, 7) is 0.771. The van der Waals surface area contributed by atoms with Crippen LogP contribution in [0.25, 0.3) is 0 Å². The third kappa shape index (κ3) is 6.33. The zero-order chi connectivity index (χ0) is 8.20. The maximum absolute atomic E-state index is 9.28. The smallest absolute Gasteiger partial charge is 0.104 e. The Bertz CT molecular complexity index is 90.1. The predicted molar refractivity (Wildman–Crippen MR) is 44.2 cm³/mol. The Kier molecular flexibility index (Phi) is 4.25. The highest BCUT2D eigenvalue weighted by molar-refractivity contribution is 6.17. The van der Waals surface area contributed by atoms with Crippen molar-refractivity contribution in [2.45, 2.75) is 12.5 Å². The van der Waals surface area contributed by atoms with E-state index in [1.54, 1.807) is 0 Å². The largest absolute Gasteiger partial charge is 0.387 e. The zero-order valence-corrected chi connectivity index (χ0v) is 7.73. The molecule has 0 amide bonds. The molecule has 0 fully saturated rings. The molecule has 62 valence electrons. The van der Waals surface area contributed by atoms with Crippen molar-refractivity contribution >= 4 is 11.6 Å². The van der Waals surface area contributed by atoms with Gasteiger partial charge in [0.1, 0.15) is 12.6 Å². The first-order valence-electron chi connectivity index (χ1n) is 3.50. The Labute approximate surface area is 68.0 Å². The van der Waals surface area contributed by atoms with E-state index in [1.165, 1.54) is 0 Å². The fourth-order valence-electron chi connectivity index (χ4n) is 0.849. The lowest BCUT2D eigenvalue weighted by atomic mass is 10.2. The molecule has 0 saturated heterocycles. The number of rotatable bonds is 4. The van der Waals surface area contributed by atoms with Crippen molar-refractivity contribution in [3.05, 3.63) is 0 Å². The fraction of sp³-hybridized carbons (Fsp3) is 1.00. The van der Waals surface area contributed by atoms with Crippen LogP contribution in [0.3, 0.4) is 0 Å². The second-order valence-corrected chi connectivity index (χ2v) is 3.98. The Morgan fingerprint density at radius 1 is 1.40 bits per heavy atom. The van der Waals surface area contributed by atoms with Gasteiger partial charge in [0.2, 0.25) is 0 Å². The minimum Gasteiger partial charge on any atom is -0.387 e. The molecule has 1 unspecified atom stereocenters. The zero-order valence-electron chi connectivity index (χ0n) is 6.97. The highest BCUT2D eigenvalue weighted by atomic mass is 35.5. The van der Waals surface area contributed by atoms with Crippen LogP contribution in [0, 0.1) is 0 Å². The molecule has 0 saturated carbocycles. The molecule has 0 aromatic rings. The number of hydrogen-bond donors (Lipinski definition) is 1. The van der Waals surface area contributed by atoms with Gasteiger partial charge in [-0.05, 0) is 6.42 Å². The average molecular weight is 167 g/mol. The molecular formula is C7H17ClNO+. The first-order chi connectivity index (χ1) is 4.45. The number of aliphatic hydroxyl groups excluding tert-OH is 1. The molecule has 0 aromatic heterocycles. The van der Waals surface area contributed by atoms with E-state index in [0.717, 1.165) is 11.0 Å². The summed E-state index contributed by atoms with van der Waals surface area (Å²) in [6.07, 6.45) is 0.439. The van der Waals surface area contributed by atoms with Crippen LogP contribution < -0.4 is 0 Å². The number of quaternary nitrogens is 1. The van der Waals surface area contributed by atoms with Crippen LogP contribution >= 0.6 is 11.6 Å². The highest BCUT2D eigenvalue weighted by Crippen LogP contribution is 1.99. The number of likely N-dealkylation sites (N-methyl/N-ethyl adjacent to an activating group) is 1. The van der Waals surface area contributed by atoms with Gasteiger partial charge in [-0.3, -0.25) is 0 Å². The van der Waals surface area contributed by atoms with Crippen molar-refractivity contribution in [1.29, 1.82) is 0 Å². The molecule has 3 heteroatoms. The Balaban J connectivity index is 3.47. The van der Waals surface area contributed by atoms with Gasteiger partial charge in [-0.1, -0.05) is 0 Å². The van der Waals surface area contributed by atoms with Crippen LogP contribution in [0.1, 0.15) is 6.42 Å². The van der Waals surface area contributed by atoms with Gasteiger partial charge in [0, 0.05) is 5.88 Å². The second kappa shape index (κ2) is 4.16. The molecule has 1 N–H and O–H groups in total. The van der Waals surface area contributed by atoms with Gasteiger partial charge in [0.25, 0.3) is 0 Å². The molecule has 0 aliphatic rings. The minimum absolute atomic E-state index is 0.252. The SMILES string of the molecule is C[N+](C)(C)CC(O)CCCl. The van der Waals surface area contributed by atoms with Crippen LogP contribution in [-0.4, -0.2) is 49.3 Å². The van der Waals surface area contributed by atoms with Gasteiger partial charge in [-0.2, -0.15) is 0 Å². The van der Waals surface area contributed by atoms with Gasteiger partial charge < -0.3 is 9.59 Å². The van der Waals surface area contributed by atoms with Crippen molar-refractivity contribution in [3.8, 4) is 0 Å². The summed E-state index contributed by atoms with van der Waals surface area (Å²) >= 11 is 5.46. The Morgan fingerprint density at radius 3 is 2.20 bits per heavy atom. The Morgan fingerprint density at radius 2 is 1.90 bits per heavy atom. The normalized spacial score (nSPS) is 15.3. The van der Waals surface area contributed by atoms with Gasteiger partial charge >= 0.3 is 0 Å². The van der Waals surface area contributed by atoms with Crippen molar-refractivity contribution in [2.24, 2.45) is 0 Å². The standard InChI is InChI=1S/C7H17ClNO/c1-9(2,3)6-7(10)4-5-8/h7,10H,4-6H2,1-3H3/q+1. The third-order valence-corrected chi connectivity index (χ3v) is 1.42. The van der Waals surface area contributed by atoms with Crippen molar-refractivity contribution in [3.63, 3.8) is 0 Å². The van der Waals surface area contributed by atoms with E-state index in [0.29, 0.717) is 12.3 Å². The number of hydrogen-bond acceptors (Lipinski definition) is 1. The summed E-state index contributed by atoms with van der Waals surface area (Å²) in [6, 6.07) is 0. The fourth-order valence-corrected chi connectivity index (χ4v) is 1.10. The summed E-state index contributed by atoms with van der Waals surface area (Å²) < 4.78 is 0.790. The van der Waals surface area contributed by atoms with Crippen LogP contribution in [0.5, 0.6) is 0 Å². The van der Waals surface area contributed by atoms with Gasteiger partial charge in [-0.25, -0.2) is 0 Å². The van der Waals surface area contributed by atoms with E-state index in [9.17, 15) is 5.11 Å². The lowest BCUT2D eigenvalue weighted by molar-refractivity contribution is -0.873. The minimum atomic E-state index is -0.252. The van der Waals surface area contributed by atoms with Crippen LogP contribution in [0.2, 0.25) is 0 Å². The van der Waals surface area contributed by atoms with E-state index in [1.807, 2.05) is 0 Å². The quantitative estimate of drug-likeness (QED) is 0.481. The van der Waals surface area contributed by atoms with Crippen molar-refractivity contribution in [1.82, 2.24) is 0 Å². The first-order valence-corrected chi connectivity index (χ1v) is 4.03. The van der Waals surface area contributed by atoms with E-state index in [-0.39, 0.29) is 6.10 Å². The van der Waals surface area contributed by atoms with Crippen LogP contribution in [0.15, 0.2) is 0 Å². The average Bonchev–Trinajstić information content (AvgIpc) is 1.59. The third-order valence-electron chi connectivity index (χ3n) is 1.20.